The van der Waals surface area contributed by atoms with Gasteiger partial charge in [0.25, 0.3) is 5.91 Å². The van der Waals surface area contributed by atoms with Crippen molar-refractivity contribution in [3.63, 3.8) is 0 Å². The number of rotatable bonds is 5. The summed E-state index contributed by atoms with van der Waals surface area (Å²) in [5.41, 5.74) is 1.22. The lowest BCUT2D eigenvalue weighted by Crippen LogP contribution is -2.57. The molecule has 2 N–H and O–H groups in total. The quantitative estimate of drug-likeness (QED) is 0.726. The summed E-state index contributed by atoms with van der Waals surface area (Å²) in [6, 6.07) is 4.91. The number of nitrogens with one attached hydrogen (secondary N) is 2. The van der Waals surface area contributed by atoms with E-state index in [1.54, 1.807) is 31.2 Å². The predicted octanol–water partition coefficient (Wildman–Crippen LogP) is 3.06. The molecule has 0 bridgehead atoms. The van der Waals surface area contributed by atoms with Crippen LogP contribution in [0.25, 0.3) is 11.5 Å². The van der Waals surface area contributed by atoms with Crippen molar-refractivity contribution in [1.29, 1.82) is 0 Å². The molecule has 2 aromatic heterocycles. The van der Waals surface area contributed by atoms with Gasteiger partial charge in [0, 0.05) is 32.7 Å². The minimum Gasteiger partial charge on any atom is -0.463 e. The Morgan fingerprint density at radius 1 is 1.28 bits per heavy atom. The molecule has 0 saturated carbocycles. The molecule has 29 heavy (non-hydrogen) atoms. The zero-order valence-corrected chi connectivity index (χ0v) is 17.3. The van der Waals surface area contributed by atoms with E-state index in [9.17, 15) is 18.0 Å². The Morgan fingerprint density at radius 2 is 1.97 bits per heavy atom. The molecule has 0 radical (unpaired) electrons. The van der Waals surface area contributed by atoms with Gasteiger partial charge in [-0.15, -0.1) is 24.8 Å². The third-order valence-corrected chi connectivity index (χ3v) is 4.53. The van der Waals surface area contributed by atoms with Gasteiger partial charge in [-0.1, -0.05) is 0 Å². The number of piperazine rings is 1. The topological polar surface area (TPSA) is 70.4 Å². The monoisotopic (exact) mass is 454 g/mol. The van der Waals surface area contributed by atoms with E-state index in [1.807, 2.05) is 0 Å². The van der Waals surface area contributed by atoms with Crippen molar-refractivity contribution >= 4 is 30.7 Å². The van der Waals surface area contributed by atoms with Crippen LogP contribution in [0.15, 0.2) is 34.9 Å². The van der Waals surface area contributed by atoms with Crippen LogP contribution in [-0.2, 0) is 0 Å². The van der Waals surface area contributed by atoms with Gasteiger partial charge in [0.1, 0.15) is 11.7 Å². The molecule has 1 amide bonds. The first-order valence-corrected chi connectivity index (χ1v) is 8.67. The molecule has 3 rings (SSSR count). The number of aryl methyl sites for hydroxylation is 1. The smallest absolute Gasteiger partial charge is 0.405 e. The molecule has 0 spiro atoms. The van der Waals surface area contributed by atoms with Gasteiger partial charge in [-0.3, -0.25) is 9.69 Å². The molecule has 3 heterocycles. The molecular weight excluding hydrogens is 432 g/mol. The van der Waals surface area contributed by atoms with Crippen molar-refractivity contribution in [2.45, 2.75) is 19.1 Å². The van der Waals surface area contributed by atoms with Crippen LogP contribution < -0.4 is 10.6 Å². The summed E-state index contributed by atoms with van der Waals surface area (Å²) in [6.07, 6.45) is -2.90. The molecule has 1 aliphatic heterocycles. The minimum atomic E-state index is -4.42. The first-order valence-electron chi connectivity index (χ1n) is 8.67. The Morgan fingerprint density at radius 3 is 2.52 bits per heavy atom. The summed E-state index contributed by atoms with van der Waals surface area (Å²) in [5.74, 6) is -0.0173. The molecule has 2 aromatic rings. The standard InChI is InChI=1S/C18H21F3N4O2.2ClH/c1-12-13(4-5-14(24-12)15-3-2-10-27-15)17(26)23-11-16(18(19,20)21)25-8-6-22-7-9-25;;/h2-5,10,16,22H,6-9,11H2,1H3,(H,23,26);2*1H. The lowest BCUT2D eigenvalue weighted by molar-refractivity contribution is -0.183. The number of pyridine rings is 1. The summed E-state index contributed by atoms with van der Waals surface area (Å²) in [4.78, 5) is 18.1. The summed E-state index contributed by atoms with van der Waals surface area (Å²) in [5, 5.41) is 5.44. The second-order valence-electron chi connectivity index (χ2n) is 6.36. The fraction of sp³-hybridized carbons (Fsp3) is 0.444. The van der Waals surface area contributed by atoms with Crippen LogP contribution in [0, 0.1) is 6.92 Å². The average Bonchev–Trinajstić information content (AvgIpc) is 3.16. The van der Waals surface area contributed by atoms with Crippen LogP contribution in [0.1, 0.15) is 16.1 Å². The first kappa shape index (κ1) is 25.2. The fourth-order valence-corrected chi connectivity index (χ4v) is 3.09. The molecule has 1 saturated heterocycles. The van der Waals surface area contributed by atoms with E-state index in [0.717, 1.165) is 0 Å². The molecule has 0 aliphatic carbocycles. The fourth-order valence-electron chi connectivity index (χ4n) is 3.09. The van der Waals surface area contributed by atoms with E-state index >= 15 is 0 Å². The highest BCUT2D eigenvalue weighted by atomic mass is 35.5. The molecule has 6 nitrogen and oxygen atoms in total. The molecule has 1 atom stereocenters. The Labute approximate surface area is 179 Å². The maximum atomic E-state index is 13.4. The van der Waals surface area contributed by atoms with E-state index in [-0.39, 0.29) is 30.4 Å². The second-order valence-corrected chi connectivity index (χ2v) is 6.36. The van der Waals surface area contributed by atoms with Gasteiger partial charge in [-0.2, -0.15) is 13.2 Å². The number of furan rings is 1. The Kier molecular flexibility index (Phi) is 9.41. The van der Waals surface area contributed by atoms with Gasteiger partial charge in [0.2, 0.25) is 0 Å². The van der Waals surface area contributed by atoms with Crippen molar-refractivity contribution in [2.75, 3.05) is 32.7 Å². The van der Waals surface area contributed by atoms with Crippen LogP contribution in [0.4, 0.5) is 13.2 Å². The van der Waals surface area contributed by atoms with Crippen LogP contribution in [0.3, 0.4) is 0 Å². The van der Waals surface area contributed by atoms with Gasteiger partial charge < -0.3 is 15.1 Å². The Bertz CT molecular complexity index is 782. The third-order valence-electron chi connectivity index (χ3n) is 4.53. The number of alkyl halides is 3. The second kappa shape index (κ2) is 10.8. The lowest BCUT2D eigenvalue weighted by Gasteiger charge is -2.35. The van der Waals surface area contributed by atoms with E-state index in [1.165, 1.54) is 11.2 Å². The predicted molar refractivity (Wildman–Crippen MR) is 108 cm³/mol. The maximum Gasteiger partial charge on any atom is 0.405 e. The normalized spacial score (nSPS) is 15.7. The van der Waals surface area contributed by atoms with Crippen molar-refractivity contribution in [3.8, 4) is 11.5 Å². The summed E-state index contributed by atoms with van der Waals surface area (Å²) < 4.78 is 45.5. The molecular formula is C18H23Cl2F3N4O2. The van der Waals surface area contributed by atoms with Crippen LogP contribution >= 0.6 is 24.8 Å². The van der Waals surface area contributed by atoms with E-state index in [4.69, 9.17) is 4.42 Å². The Hall–Kier alpha value is -1.81. The zero-order chi connectivity index (χ0) is 19.4. The first-order chi connectivity index (χ1) is 12.9. The van der Waals surface area contributed by atoms with Crippen LogP contribution in [0.2, 0.25) is 0 Å². The highest BCUT2D eigenvalue weighted by Gasteiger charge is 2.43. The SMILES string of the molecule is Cc1nc(-c2ccco2)ccc1C(=O)NCC(N1CCNCC1)C(F)(F)F.Cl.Cl. The Balaban J connectivity index is 0.00000210. The van der Waals surface area contributed by atoms with Gasteiger partial charge in [-0.25, -0.2) is 4.98 Å². The van der Waals surface area contributed by atoms with Crippen LogP contribution in [-0.4, -0.2) is 60.7 Å². The summed E-state index contributed by atoms with van der Waals surface area (Å²) in [6.45, 7) is 2.72. The molecule has 0 aromatic carbocycles. The molecule has 11 heteroatoms. The molecule has 1 fully saturated rings. The summed E-state index contributed by atoms with van der Waals surface area (Å²) in [7, 11) is 0. The third kappa shape index (κ3) is 6.33. The average molecular weight is 455 g/mol. The van der Waals surface area contributed by atoms with Crippen molar-refractivity contribution < 1.29 is 22.4 Å². The maximum absolute atomic E-state index is 13.4. The van der Waals surface area contributed by atoms with Gasteiger partial charge in [0.15, 0.2) is 5.76 Å². The van der Waals surface area contributed by atoms with E-state index < -0.39 is 24.7 Å². The van der Waals surface area contributed by atoms with Crippen molar-refractivity contribution in [1.82, 2.24) is 20.5 Å². The number of nitrogens with zero attached hydrogens (tertiary/aromatic N) is 2. The number of halogens is 5. The number of carbonyl (C=O) groups excluding carboxylic acids is 1. The minimum absolute atomic E-state index is 0. The van der Waals surface area contributed by atoms with E-state index in [2.05, 4.69) is 15.6 Å². The van der Waals surface area contributed by atoms with Crippen molar-refractivity contribution in [2.24, 2.45) is 0 Å². The largest absolute Gasteiger partial charge is 0.463 e. The lowest BCUT2D eigenvalue weighted by atomic mass is 10.1. The van der Waals surface area contributed by atoms with Crippen LogP contribution in [0.5, 0.6) is 0 Å². The zero-order valence-electron chi connectivity index (χ0n) is 15.7. The highest BCUT2D eigenvalue weighted by Crippen LogP contribution is 2.25. The van der Waals surface area contributed by atoms with Gasteiger partial charge in [0.05, 0.1) is 17.5 Å². The molecule has 1 unspecified atom stereocenters. The van der Waals surface area contributed by atoms with E-state index in [0.29, 0.717) is 43.3 Å². The highest BCUT2D eigenvalue weighted by molar-refractivity contribution is 5.95. The van der Waals surface area contributed by atoms with Gasteiger partial charge in [-0.05, 0) is 31.2 Å². The number of hydrogen-bond acceptors (Lipinski definition) is 5. The molecule has 162 valence electrons. The number of hydrogen-bond donors (Lipinski definition) is 2. The van der Waals surface area contributed by atoms with Crippen molar-refractivity contribution in [3.05, 3.63) is 41.8 Å². The number of aromatic nitrogens is 1. The van der Waals surface area contributed by atoms with Gasteiger partial charge >= 0.3 is 6.18 Å². The number of amides is 1. The summed E-state index contributed by atoms with van der Waals surface area (Å²) >= 11 is 0. The molecule has 1 aliphatic rings. The number of carbonyl (C=O) groups is 1.